The summed E-state index contributed by atoms with van der Waals surface area (Å²) in [7, 11) is 0. The van der Waals surface area contributed by atoms with Gasteiger partial charge in [0, 0.05) is 50.5 Å². The van der Waals surface area contributed by atoms with E-state index in [1.54, 1.807) is 6.20 Å². The van der Waals surface area contributed by atoms with Crippen LogP contribution in [-0.4, -0.2) is 52.9 Å². The highest BCUT2D eigenvalue weighted by Crippen LogP contribution is 2.34. The molecule has 3 heterocycles. The van der Waals surface area contributed by atoms with Crippen molar-refractivity contribution < 1.29 is 13.6 Å². The molecule has 1 atom stereocenters. The largest absolute Gasteiger partial charge is 0.384 e. The Morgan fingerprint density at radius 1 is 1.22 bits per heavy atom. The zero-order valence-corrected chi connectivity index (χ0v) is 18.5. The molecule has 1 amide bonds. The monoisotopic (exact) mass is 443 g/mol. The lowest BCUT2D eigenvalue weighted by molar-refractivity contribution is -0.141. The second-order valence-electron chi connectivity index (χ2n) is 9.26. The molecular formula is C24H31F2N5O. The van der Waals surface area contributed by atoms with E-state index in [1.807, 2.05) is 17.0 Å². The van der Waals surface area contributed by atoms with Crippen molar-refractivity contribution in [3.63, 3.8) is 0 Å². The van der Waals surface area contributed by atoms with E-state index in [-0.39, 0.29) is 24.1 Å². The van der Waals surface area contributed by atoms with Crippen molar-refractivity contribution in [1.29, 1.82) is 0 Å². The Kier molecular flexibility index (Phi) is 6.71. The number of carbonyl (C=O) groups is 1. The number of nitrogens with one attached hydrogen (secondary N) is 1. The van der Waals surface area contributed by atoms with E-state index >= 15 is 0 Å². The van der Waals surface area contributed by atoms with Crippen LogP contribution in [0, 0.1) is 17.0 Å². The molecule has 1 unspecified atom stereocenters. The van der Waals surface area contributed by atoms with Gasteiger partial charge in [-0.05, 0) is 62.6 Å². The molecule has 172 valence electrons. The van der Waals surface area contributed by atoms with Gasteiger partial charge < -0.3 is 16.0 Å². The molecule has 0 radical (unpaired) electrons. The number of nitrogens with zero attached hydrogens (tertiary/aromatic N) is 3. The van der Waals surface area contributed by atoms with Crippen molar-refractivity contribution in [1.82, 2.24) is 20.1 Å². The topological polar surface area (TPSA) is 74.5 Å². The van der Waals surface area contributed by atoms with Crippen LogP contribution in [0.2, 0.25) is 0 Å². The number of anilines is 1. The lowest BCUT2D eigenvalue weighted by atomic mass is 9.87. The van der Waals surface area contributed by atoms with Crippen molar-refractivity contribution in [2.45, 2.75) is 45.3 Å². The highest BCUT2D eigenvalue weighted by Gasteiger charge is 2.43. The van der Waals surface area contributed by atoms with Crippen molar-refractivity contribution in [2.24, 2.45) is 5.41 Å². The number of benzene rings is 1. The molecule has 0 aliphatic carbocycles. The second kappa shape index (κ2) is 9.50. The van der Waals surface area contributed by atoms with E-state index in [4.69, 9.17) is 5.73 Å². The maximum atomic E-state index is 13.8. The number of nitrogens with two attached hydrogens (primary N) is 1. The Morgan fingerprint density at radius 3 is 2.62 bits per heavy atom. The van der Waals surface area contributed by atoms with Crippen LogP contribution in [0.25, 0.3) is 0 Å². The van der Waals surface area contributed by atoms with E-state index in [9.17, 15) is 13.6 Å². The van der Waals surface area contributed by atoms with Gasteiger partial charge in [0.25, 0.3) is 0 Å². The van der Waals surface area contributed by atoms with Gasteiger partial charge in [0.2, 0.25) is 5.91 Å². The Balaban J connectivity index is 1.26. The smallest absolute Gasteiger partial charge is 0.229 e. The Labute approximate surface area is 187 Å². The number of piperidine rings is 1. The SMILES string of the molecule is CC1(C(=O)N2CCC(NCc3c(F)cccc3F)CC2)CCN(Cc2ccnc(N)c2)C1. The minimum absolute atomic E-state index is 0.0699. The molecule has 0 bridgehead atoms. The third-order valence-corrected chi connectivity index (χ3v) is 6.73. The minimum atomic E-state index is -0.529. The Morgan fingerprint density at radius 2 is 1.94 bits per heavy atom. The molecule has 1 aromatic heterocycles. The van der Waals surface area contributed by atoms with Gasteiger partial charge in [-0.25, -0.2) is 13.8 Å². The Hall–Kier alpha value is -2.58. The van der Waals surface area contributed by atoms with Crippen LogP contribution >= 0.6 is 0 Å². The molecule has 2 saturated heterocycles. The predicted octanol–water partition coefficient (Wildman–Crippen LogP) is 2.93. The van der Waals surface area contributed by atoms with Gasteiger partial charge in [0.1, 0.15) is 17.5 Å². The summed E-state index contributed by atoms with van der Waals surface area (Å²) in [5.41, 5.74) is 6.56. The van der Waals surface area contributed by atoms with E-state index in [0.29, 0.717) is 18.9 Å². The van der Waals surface area contributed by atoms with Crippen molar-refractivity contribution in [3.05, 3.63) is 59.3 Å². The zero-order chi connectivity index (χ0) is 22.7. The summed E-state index contributed by atoms with van der Waals surface area (Å²) in [5, 5.41) is 3.26. The predicted molar refractivity (Wildman–Crippen MR) is 119 cm³/mol. The number of halogens is 2. The summed E-state index contributed by atoms with van der Waals surface area (Å²) in [4.78, 5) is 21.6. The molecule has 32 heavy (non-hydrogen) atoms. The summed E-state index contributed by atoms with van der Waals surface area (Å²) in [6.07, 6.45) is 4.09. The fourth-order valence-corrected chi connectivity index (χ4v) is 4.83. The summed E-state index contributed by atoms with van der Waals surface area (Å²) in [6.45, 7) is 5.88. The Bertz CT molecular complexity index is 943. The number of rotatable bonds is 6. The van der Waals surface area contributed by atoms with Crippen molar-refractivity contribution in [2.75, 3.05) is 31.9 Å². The number of hydrogen-bond acceptors (Lipinski definition) is 5. The maximum Gasteiger partial charge on any atom is 0.229 e. The number of aromatic nitrogens is 1. The standard InChI is InChI=1S/C24H31F2N5O/c1-24(8-12-30(16-24)15-17-5-9-28-22(27)13-17)23(32)31-10-6-18(7-11-31)29-14-19-20(25)3-2-4-21(19)26/h2-5,9,13,18,29H,6-8,10-12,14-16H2,1H3,(H2,27,28). The third-order valence-electron chi connectivity index (χ3n) is 6.73. The highest BCUT2D eigenvalue weighted by molar-refractivity contribution is 5.83. The van der Waals surface area contributed by atoms with E-state index in [0.717, 1.165) is 44.5 Å². The van der Waals surface area contributed by atoms with E-state index < -0.39 is 17.0 Å². The summed E-state index contributed by atoms with van der Waals surface area (Å²) >= 11 is 0. The van der Waals surface area contributed by atoms with Crippen LogP contribution in [-0.2, 0) is 17.9 Å². The van der Waals surface area contributed by atoms with Gasteiger partial charge in [-0.2, -0.15) is 0 Å². The van der Waals surface area contributed by atoms with Gasteiger partial charge >= 0.3 is 0 Å². The van der Waals surface area contributed by atoms with Gasteiger partial charge in [0.15, 0.2) is 0 Å². The highest BCUT2D eigenvalue weighted by atomic mass is 19.1. The molecule has 6 nitrogen and oxygen atoms in total. The number of hydrogen-bond donors (Lipinski definition) is 2. The van der Waals surface area contributed by atoms with Crippen LogP contribution in [0.3, 0.4) is 0 Å². The molecule has 0 spiro atoms. The summed E-state index contributed by atoms with van der Waals surface area (Å²) < 4.78 is 27.7. The quantitative estimate of drug-likeness (QED) is 0.718. The summed E-state index contributed by atoms with van der Waals surface area (Å²) in [5.74, 6) is -0.348. The lowest BCUT2D eigenvalue weighted by Gasteiger charge is -2.37. The lowest BCUT2D eigenvalue weighted by Crippen LogP contribution is -2.50. The van der Waals surface area contributed by atoms with Gasteiger partial charge in [-0.1, -0.05) is 6.07 Å². The summed E-state index contributed by atoms with van der Waals surface area (Å²) in [6, 6.07) is 7.90. The zero-order valence-electron chi connectivity index (χ0n) is 18.5. The molecule has 0 saturated carbocycles. The van der Waals surface area contributed by atoms with Crippen LogP contribution in [0.15, 0.2) is 36.5 Å². The average Bonchev–Trinajstić information content (AvgIpc) is 3.15. The first-order valence-electron chi connectivity index (χ1n) is 11.2. The number of nitrogen functional groups attached to an aromatic ring is 1. The minimum Gasteiger partial charge on any atom is -0.384 e. The normalized spacial score (nSPS) is 22.4. The van der Waals surface area contributed by atoms with Gasteiger partial charge in [0.05, 0.1) is 5.41 Å². The third kappa shape index (κ3) is 5.07. The number of likely N-dealkylation sites (tertiary alicyclic amines) is 2. The van der Waals surface area contributed by atoms with Crippen LogP contribution in [0.5, 0.6) is 0 Å². The first-order chi connectivity index (χ1) is 15.3. The second-order valence-corrected chi connectivity index (χ2v) is 9.26. The van der Waals surface area contributed by atoms with E-state index in [2.05, 4.69) is 22.1 Å². The number of pyridine rings is 1. The van der Waals surface area contributed by atoms with Crippen LogP contribution in [0.1, 0.15) is 37.3 Å². The molecule has 1 aromatic carbocycles. The number of carbonyl (C=O) groups excluding carboxylic acids is 1. The van der Waals surface area contributed by atoms with Crippen LogP contribution in [0.4, 0.5) is 14.6 Å². The van der Waals surface area contributed by atoms with Crippen molar-refractivity contribution in [3.8, 4) is 0 Å². The average molecular weight is 444 g/mol. The molecule has 3 N–H and O–H groups in total. The molecule has 2 aliphatic rings. The van der Waals surface area contributed by atoms with E-state index in [1.165, 1.54) is 18.2 Å². The maximum absolute atomic E-state index is 13.8. The molecule has 2 aliphatic heterocycles. The van der Waals surface area contributed by atoms with Gasteiger partial charge in [-0.3, -0.25) is 9.69 Å². The molecule has 4 rings (SSSR count). The van der Waals surface area contributed by atoms with Gasteiger partial charge in [-0.15, -0.1) is 0 Å². The first-order valence-corrected chi connectivity index (χ1v) is 11.2. The number of amides is 1. The molecule has 8 heteroatoms. The van der Waals surface area contributed by atoms with Crippen LogP contribution < -0.4 is 11.1 Å². The molecule has 2 aromatic rings. The fraction of sp³-hybridized carbons (Fsp3) is 0.500. The first kappa shape index (κ1) is 22.6. The fourth-order valence-electron chi connectivity index (χ4n) is 4.83. The van der Waals surface area contributed by atoms with Crippen molar-refractivity contribution >= 4 is 11.7 Å². The molecular weight excluding hydrogens is 412 g/mol. The molecule has 2 fully saturated rings.